The molecule has 2 aliphatic rings. The van der Waals surface area contributed by atoms with Gasteiger partial charge in [0.25, 0.3) is 0 Å². The molecule has 0 bridgehead atoms. The molecule has 0 spiro atoms. The predicted molar refractivity (Wildman–Crippen MR) is 121 cm³/mol. The van der Waals surface area contributed by atoms with Crippen molar-refractivity contribution in [2.75, 3.05) is 19.6 Å². The molecule has 1 saturated heterocycles. The van der Waals surface area contributed by atoms with Gasteiger partial charge >= 0.3 is 6.18 Å². The molecular formula is C24H25F3N4OS. The van der Waals surface area contributed by atoms with E-state index in [4.69, 9.17) is 0 Å². The lowest BCUT2D eigenvalue weighted by Crippen LogP contribution is -2.43. The number of aromatic nitrogens is 3. The maximum atomic E-state index is 13.2. The summed E-state index contributed by atoms with van der Waals surface area (Å²) < 4.78 is 39.7. The first-order chi connectivity index (χ1) is 15.7. The highest BCUT2D eigenvalue weighted by Crippen LogP contribution is 2.58. The zero-order valence-electron chi connectivity index (χ0n) is 18.4. The van der Waals surface area contributed by atoms with Crippen LogP contribution < -0.4 is 0 Å². The normalized spacial score (nSPS) is 19.2. The summed E-state index contributed by atoms with van der Waals surface area (Å²) >= 11 is 1.53. The van der Waals surface area contributed by atoms with Crippen molar-refractivity contribution in [2.24, 2.45) is 11.3 Å². The second-order valence-electron chi connectivity index (χ2n) is 9.34. The van der Waals surface area contributed by atoms with Crippen LogP contribution in [0.25, 0.3) is 21.3 Å². The number of piperidine rings is 1. The van der Waals surface area contributed by atoms with Crippen LogP contribution >= 0.6 is 11.3 Å². The average Bonchev–Trinajstić information content (AvgIpc) is 3.45. The number of alkyl halides is 3. The van der Waals surface area contributed by atoms with Crippen LogP contribution in [-0.2, 0) is 11.2 Å². The number of pyridine rings is 1. The Balaban J connectivity index is 1.21. The number of carbonyl (C=O) groups is 1. The third-order valence-corrected chi connectivity index (χ3v) is 7.82. The summed E-state index contributed by atoms with van der Waals surface area (Å²) in [5.41, 5.74) is 0.191. The maximum absolute atomic E-state index is 13.2. The fraction of sp³-hybridized carbons (Fsp3) is 0.500. The number of fused-ring (bicyclic) bond motifs is 1. The van der Waals surface area contributed by atoms with Crippen LogP contribution in [-0.4, -0.2) is 51.7 Å². The third-order valence-electron chi connectivity index (χ3n) is 6.93. The summed E-state index contributed by atoms with van der Waals surface area (Å²) in [5, 5.41) is 12.0. The van der Waals surface area contributed by atoms with E-state index in [1.165, 1.54) is 11.3 Å². The minimum atomic E-state index is -4.13. The van der Waals surface area contributed by atoms with Crippen molar-refractivity contribution < 1.29 is 18.0 Å². The van der Waals surface area contributed by atoms with E-state index in [0.29, 0.717) is 25.9 Å². The molecule has 1 aliphatic carbocycles. The summed E-state index contributed by atoms with van der Waals surface area (Å²) in [6.45, 7) is 3.08. The van der Waals surface area contributed by atoms with E-state index in [0.717, 1.165) is 32.0 Å². The number of ketones is 1. The van der Waals surface area contributed by atoms with Crippen LogP contribution in [0.4, 0.5) is 13.2 Å². The smallest absolute Gasteiger partial charge is 0.302 e. The standard InChI is InChI=1S/C24H25F3N4OS/c1-15-29-30-22(33-15)17-2-3-18-13-28-20(11-19(18)10-17)12-21(32)16-4-8-31(9-5-16)14-23(6-7-23)24(25,26)27/h2-3,10-11,13,16H,4-9,12,14H2,1H3. The van der Waals surface area contributed by atoms with Gasteiger partial charge in [0.15, 0.2) is 0 Å². The van der Waals surface area contributed by atoms with Crippen LogP contribution in [0, 0.1) is 18.3 Å². The van der Waals surface area contributed by atoms with E-state index in [1.54, 1.807) is 6.20 Å². The largest absolute Gasteiger partial charge is 0.395 e. The number of nitrogens with zero attached hydrogens (tertiary/aromatic N) is 4. The Labute approximate surface area is 194 Å². The van der Waals surface area contributed by atoms with Crippen LogP contribution in [0.3, 0.4) is 0 Å². The summed E-state index contributed by atoms with van der Waals surface area (Å²) in [5.74, 6) is 0.00449. The van der Waals surface area contributed by atoms with E-state index in [9.17, 15) is 18.0 Å². The number of hydrogen-bond donors (Lipinski definition) is 0. The number of hydrogen-bond acceptors (Lipinski definition) is 6. The molecule has 1 aliphatic heterocycles. The van der Waals surface area contributed by atoms with Gasteiger partial charge in [0, 0.05) is 41.7 Å². The van der Waals surface area contributed by atoms with Crippen molar-refractivity contribution >= 4 is 27.9 Å². The Morgan fingerprint density at radius 2 is 1.91 bits per heavy atom. The molecule has 5 nitrogen and oxygen atoms in total. The molecule has 0 unspecified atom stereocenters. The number of likely N-dealkylation sites (tertiary alicyclic amines) is 1. The molecule has 1 saturated carbocycles. The predicted octanol–water partition coefficient (Wildman–Crippen LogP) is 5.23. The van der Waals surface area contributed by atoms with Gasteiger partial charge in [0.1, 0.15) is 15.8 Å². The monoisotopic (exact) mass is 474 g/mol. The highest BCUT2D eigenvalue weighted by molar-refractivity contribution is 7.14. The van der Waals surface area contributed by atoms with E-state index < -0.39 is 11.6 Å². The van der Waals surface area contributed by atoms with Crippen molar-refractivity contribution in [1.29, 1.82) is 0 Å². The second-order valence-corrected chi connectivity index (χ2v) is 10.5. The van der Waals surface area contributed by atoms with Gasteiger partial charge in [-0.3, -0.25) is 9.78 Å². The van der Waals surface area contributed by atoms with Gasteiger partial charge in [0.05, 0.1) is 5.41 Å². The molecule has 2 fully saturated rings. The van der Waals surface area contributed by atoms with E-state index in [1.807, 2.05) is 36.1 Å². The Bertz CT molecular complexity index is 1180. The molecule has 0 N–H and O–H groups in total. The second kappa shape index (κ2) is 8.43. The first kappa shape index (κ1) is 22.4. The minimum absolute atomic E-state index is 0.0696. The van der Waals surface area contributed by atoms with Crippen molar-refractivity contribution in [3.8, 4) is 10.6 Å². The lowest BCUT2D eigenvalue weighted by Gasteiger charge is -2.34. The first-order valence-corrected chi connectivity index (χ1v) is 12.1. The summed E-state index contributed by atoms with van der Waals surface area (Å²) in [6.07, 6.45) is -0.429. The molecular weight excluding hydrogens is 449 g/mol. The van der Waals surface area contributed by atoms with Gasteiger partial charge in [-0.1, -0.05) is 23.5 Å². The number of aryl methyl sites for hydroxylation is 1. The zero-order valence-corrected chi connectivity index (χ0v) is 19.2. The van der Waals surface area contributed by atoms with Crippen molar-refractivity contribution in [2.45, 2.75) is 45.2 Å². The number of carbonyl (C=O) groups excluding carboxylic acids is 1. The average molecular weight is 475 g/mol. The molecule has 2 aromatic heterocycles. The highest BCUT2D eigenvalue weighted by atomic mass is 32.1. The highest BCUT2D eigenvalue weighted by Gasteiger charge is 2.63. The van der Waals surface area contributed by atoms with Gasteiger partial charge in [-0.15, -0.1) is 10.2 Å². The molecule has 0 radical (unpaired) electrons. The lowest BCUT2D eigenvalue weighted by molar-refractivity contribution is -0.192. The summed E-state index contributed by atoms with van der Waals surface area (Å²) in [4.78, 5) is 19.3. The van der Waals surface area contributed by atoms with Crippen LogP contribution in [0.15, 0.2) is 30.5 Å². The lowest BCUT2D eigenvalue weighted by atomic mass is 9.89. The van der Waals surface area contributed by atoms with Crippen molar-refractivity contribution in [3.63, 3.8) is 0 Å². The van der Waals surface area contributed by atoms with Crippen LogP contribution in [0.5, 0.6) is 0 Å². The molecule has 9 heteroatoms. The fourth-order valence-electron chi connectivity index (χ4n) is 4.68. The van der Waals surface area contributed by atoms with Gasteiger partial charge in [-0.05, 0) is 63.2 Å². The van der Waals surface area contributed by atoms with E-state index in [-0.39, 0.29) is 37.5 Å². The maximum Gasteiger partial charge on any atom is 0.395 e. The molecule has 3 heterocycles. The number of benzene rings is 1. The number of halogens is 3. The minimum Gasteiger partial charge on any atom is -0.302 e. The molecule has 1 aromatic carbocycles. The Kier molecular flexibility index (Phi) is 5.73. The zero-order chi connectivity index (χ0) is 23.2. The molecule has 33 heavy (non-hydrogen) atoms. The third kappa shape index (κ3) is 4.66. The van der Waals surface area contributed by atoms with Gasteiger partial charge in [-0.2, -0.15) is 13.2 Å². The summed E-state index contributed by atoms with van der Waals surface area (Å²) in [7, 11) is 0. The Hall–Kier alpha value is -2.39. The number of Topliss-reactive ketones (excluding diaryl/α,β-unsaturated/α-hetero) is 1. The van der Waals surface area contributed by atoms with Gasteiger partial charge in [-0.25, -0.2) is 0 Å². The van der Waals surface area contributed by atoms with E-state index in [2.05, 4.69) is 15.2 Å². The summed E-state index contributed by atoms with van der Waals surface area (Å²) in [6, 6.07) is 7.97. The Morgan fingerprint density at radius 1 is 1.15 bits per heavy atom. The quantitative estimate of drug-likeness (QED) is 0.490. The first-order valence-electron chi connectivity index (χ1n) is 11.2. The van der Waals surface area contributed by atoms with Gasteiger partial charge < -0.3 is 4.90 Å². The molecule has 3 aromatic rings. The molecule has 174 valence electrons. The van der Waals surface area contributed by atoms with E-state index >= 15 is 0 Å². The fourth-order valence-corrected chi connectivity index (χ4v) is 5.36. The van der Waals surface area contributed by atoms with Crippen LogP contribution in [0.1, 0.15) is 36.4 Å². The molecule has 5 rings (SSSR count). The SMILES string of the molecule is Cc1nnc(-c2ccc3cnc(CC(=O)C4CCN(CC5(C(F)(F)F)CC5)CC4)cc3c2)s1. The van der Waals surface area contributed by atoms with Crippen molar-refractivity contribution in [3.05, 3.63) is 41.2 Å². The van der Waals surface area contributed by atoms with Crippen LogP contribution in [0.2, 0.25) is 0 Å². The molecule has 0 atom stereocenters. The topological polar surface area (TPSA) is 59.0 Å². The van der Waals surface area contributed by atoms with Gasteiger partial charge in [0.2, 0.25) is 0 Å². The molecule has 0 amide bonds. The number of rotatable bonds is 6. The Morgan fingerprint density at radius 3 is 2.55 bits per heavy atom. The van der Waals surface area contributed by atoms with Crippen molar-refractivity contribution in [1.82, 2.24) is 20.1 Å².